The molecule has 0 atom stereocenters. The monoisotopic (exact) mass is 398 g/mol. The number of nitrogens with one attached hydrogen (secondary N) is 1. The Balaban J connectivity index is 1.64. The number of anilines is 1. The summed E-state index contributed by atoms with van der Waals surface area (Å²) in [6, 6.07) is 7.25. The quantitative estimate of drug-likeness (QED) is 0.477. The number of nitrogens with zero attached hydrogens (tertiary/aromatic N) is 1. The van der Waals surface area contributed by atoms with E-state index in [1.165, 1.54) is 23.1 Å². The molecule has 0 saturated heterocycles. The van der Waals surface area contributed by atoms with Gasteiger partial charge in [-0.1, -0.05) is 11.8 Å². The van der Waals surface area contributed by atoms with Crippen molar-refractivity contribution in [1.82, 2.24) is 4.98 Å². The molecule has 0 unspecified atom stereocenters. The molecule has 1 amide bonds. The number of amides is 1. The molecule has 0 fully saturated rings. The minimum Gasteiger partial charge on any atom is -0.494 e. The van der Waals surface area contributed by atoms with E-state index >= 15 is 0 Å². The highest BCUT2D eigenvalue weighted by Gasteiger charge is 2.16. The first-order valence-corrected chi connectivity index (χ1v) is 9.37. The molecule has 136 valence electrons. The van der Waals surface area contributed by atoms with E-state index in [2.05, 4.69) is 10.3 Å². The number of halogens is 3. The molecule has 1 aromatic heterocycles. The second kappa shape index (κ2) is 7.96. The van der Waals surface area contributed by atoms with Crippen LogP contribution in [0.5, 0.6) is 5.75 Å². The van der Waals surface area contributed by atoms with Crippen LogP contribution >= 0.6 is 23.1 Å². The number of thiazole rings is 1. The lowest BCUT2D eigenvalue weighted by atomic mass is 10.3. The summed E-state index contributed by atoms with van der Waals surface area (Å²) in [7, 11) is 0. The first-order chi connectivity index (χ1) is 12.5. The fourth-order valence-corrected chi connectivity index (χ4v) is 4.03. The van der Waals surface area contributed by atoms with Crippen LogP contribution in [-0.2, 0) is 4.79 Å². The normalized spacial score (nSPS) is 10.9. The number of aromatic nitrogens is 1. The molecule has 3 rings (SSSR count). The van der Waals surface area contributed by atoms with Gasteiger partial charge in [0, 0.05) is 0 Å². The number of hydrogen-bond acceptors (Lipinski definition) is 5. The fourth-order valence-electron chi connectivity index (χ4n) is 2.14. The fraction of sp³-hybridized carbons (Fsp3) is 0.176. The molecular weight excluding hydrogens is 385 g/mol. The molecule has 0 saturated carbocycles. The van der Waals surface area contributed by atoms with Gasteiger partial charge in [0.1, 0.15) is 5.75 Å². The van der Waals surface area contributed by atoms with E-state index < -0.39 is 29.0 Å². The molecule has 0 radical (unpaired) electrons. The van der Waals surface area contributed by atoms with E-state index in [1.54, 1.807) is 0 Å². The molecule has 3 aromatic rings. The third-order valence-electron chi connectivity index (χ3n) is 3.29. The van der Waals surface area contributed by atoms with Gasteiger partial charge in [0.05, 0.1) is 28.3 Å². The Hall–Kier alpha value is -2.26. The van der Waals surface area contributed by atoms with Gasteiger partial charge >= 0.3 is 0 Å². The summed E-state index contributed by atoms with van der Waals surface area (Å²) in [5.41, 5.74) is 0.383. The Labute approximate surface area is 155 Å². The summed E-state index contributed by atoms with van der Waals surface area (Å²) >= 11 is 2.57. The topological polar surface area (TPSA) is 51.2 Å². The highest BCUT2D eigenvalue weighted by atomic mass is 32.2. The molecular formula is C17H13F3N2O2S2. The smallest absolute Gasteiger partial charge is 0.234 e. The van der Waals surface area contributed by atoms with Gasteiger partial charge in [-0.2, -0.15) is 0 Å². The van der Waals surface area contributed by atoms with E-state index in [1.807, 2.05) is 25.1 Å². The standard InChI is InChI=1S/C17H13F3N2O2S2/c1-2-24-9-3-5-11-13(7-9)26-17(22-11)25-8-14(23)21-12-6-4-10(18)15(19)16(12)20/h3-7H,2,8H2,1H3,(H,21,23). The van der Waals surface area contributed by atoms with Crippen LogP contribution in [0, 0.1) is 17.5 Å². The summed E-state index contributed by atoms with van der Waals surface area (Å²) in [5.74, 6) is -4.20. The summed E-state index contributed by atoms with van der Waals surface area (Å²) < 4.78 is 46.7. The van der Waals surface area contributed by atoms with Crippen molar-refractivity contribution in [2.24, 2.45) is 0 Å². The van der Waals surface area contributed by atoms with E-state index in [9.17, 15) is 18.0 Å². The van der Waals surface area contributed by atoms with E-state index in [0.717, 1.165) is 28.1 Å². The Morgan fingerprint density at radius 2 is 2.04 bits per heavy atom. The van der Waals surface area contributed by atoms with Crippen LogP contribution in [0.3, 0.4) is 0 Å². The Morgan fingerprint density at radius 1 is 1.23 bits per heavy atom. The number of rotatable bonds is 6. The van der Waals surface area contributed by atoms with Gasteiger partial charge in [-0.3, -0.25) is 4.79 Å². The molecule has 9 heteroatoms. The molecule has 4 nitrogen and oxygen atoms in total. The highest BCUT2D eigenvalue weighted by molar-refractivity contribution is 8.01. The van der Waals surface area contributed by atoms with Crippen molar-refractivity contribution in [3.63, 3.8) is 0 Å². The third-order valence-corrected chi connectivity index (χ3v) is 5.45. The molecule has 0 bridgehead atoms. The molecule has 26 heavy (non-hydrogen) atoms. The van der Waals surface area contributed by atoms with Gasteiger partial charge in [-0.05, 0) is 37.3 Å². The maximum atomic E-state index is 13.6. The minimum absolute atomic E-state index is 0.0451. The van der Waals surface area contributed by atoms with E-state index in [-0.39, 0.29) is 5.75 Å². The second-order valence-electron chi connectivity index (χ2n) is 5.10. The molecule has 0 aliphatic heterocycles. The largest absolute Gasteiger partial charge is 0.494 e. The van der Waals surface area contributed by atoms with Gasteiger partial charge in [-0.15, -0.1) is 11.3 Å². The van der Waals surface area contributed by atoms with Gasteiger partial charge in [0.25, 0.3) is 0 Å². The first kappa shape index (κ1) is 18.5. The van der Waals surface area contributed by atoms with Crippen LogP contribution in [0.2, 0.25) is 0 Å². The molecule has 0 spiro atoms. The van der Waals surface area contributed by atoms with Crippen molar-refractivity contribution in [3.05, 3.63) is 47.8 Å². The average molecular weight is 398 g/mol. The Bertz CT molecular complexity index is 963. The number of ether oxygens (including phenoxy) is 1. The zero-order chi connectivity index (χ0) is 18.7. The van der Waals surface area contributed by atoms with Crippen molar-refractivity contribution in [2.75, 3.05) is 17.7 Å². The molecule has 1 N–H and O–H groups in total. The maximum Gasteiger partial charge on any atom is 0.234 e. The summed E-state index contributed by atoms with van der Waals surface area (Å²) in [5, 5.41) is 2.22. The number of thioether (sulfide) groups is 1. The third kappa shape index (κ3) is 4.10. The van der Waals surface area contributed by atoms with Crippen molar-refractivity contribution in [2.45, 2.75) is 11.3 Å². The van der Waals surface area contributed by atoms with Crippen LogP contribution in [0.1, 0.15) is 6.92 Å². The van der Waals surface area contributed by atoms with Gasteiger partial charge in [0.15, 0.2) is 21.8 Å². The predicted octanol–water partition coefficient (Wildman–Crippen LogP) is 4.84. The van der Waals surface area contributed by atoms with E-state index in [4.69, 9.17) is 4.74 Å². The zero-order valence-electron chi connectivity index (χ0n) is 13.5. The number of fused-ring (bicyclic) bond motifs is 1. The molecule has 1 heterocycles. The Kier molecular flexibility index (Phi) is 5.67. The number of carbonyl (C=O) groups excluding carboxylic acids is 1. The lowest BCUT2D eigenvalue weighted by Crippen LogP contribution is -2.15. The Morgan fingerprint density at radius 3 is 2.81 bits per heavy atom. The lowest BCUT2D eigenvalue weighted by Gasteiger charge is -2.06. The minimum atomic E-state index is -1.62. The second-order valence-corrected chi connectivity index (χ2v) is 7.36. The van der Waals surface area contributed by atoms with Crippen molar-refractivity contribution in [1.29, 1.82) is 0 Å². The zero-order valence-corrected chi connectivity index (χ0v) is 15.1. The van der Waals surface area contributed by atoms with Crippen LogP contribution in [-0.4, -0.2) is 23.3 Å². The van der Waals surface area contributed by atoms with E-state index in [0.29, 0.717) is 10.9 Å². The average Bonchev–Trinajstić information content (AvgIpc) is 3.03. The SMILES string of the molecule is CCOc1ccc2nc(SCC(=O)Nc3ccc(F)c(F)c3F)sc2c1. The van der Waals surface area contributed by atoms with Gasteiger partial charge < -0.3 is 10.1 Å². The highest BCUT2D eigenvalue weighted by Crippen LogP contribution is 2.32. The first-order valence-electron chi connectivity index (χ1n) is 7.57. The van der Waals surface area contributed by atoms with Gasteiger partial charge in [-0.25, -0.2) is 18.2 Å². The van der Waals surface area contributed by atoms with Crippen LogP contribution in [0.15, 0.2) is 34.7 Å². The van der Waals surface area contributed by atoms with Crippen molar-refractivity contribution >= 4 is 44.9 Å². The predicted molar refractivity (Wildman–Crippen MR) is 96.5 cm³/mol. The molecule has 2 aromatic carbocycles. The number of benzene rings is 2. The van der Waals surface area contributed by atoms with Gasteiger partial charge in [0.2, 0.25) is 5.91 Å². The maximum absolute atomic E-state index is 13.6. The number of carbonyl (C=O) groups is 1. The lowest BCUT2D eigenvalue weighted by molar-refractivity contribution is -0.113. The summed E-state index contributed by atoms with van der Waals surface area (Å²) in [6.45, 7) is 2.46. The number of hydrogen-bond donors (Lipinski definition) is 1. The van der Waals surface area contributed by atoms with Crippen LogP contribution < -0.4 is 10.1 Å². The van der Waals surface area contributed by atoms with Crippen LogP contribution in [0.4, 0.5) is 18.9 Å². The molecule has 0 aliphatic carbocycles. The molecule has 0 aliphatic rings. The van der Waals surface area contributed by atoms with Crippen LogP contribution in [0.25, 0.3) is 10.2 Å². The van der Waals surface area contributed by atoms with Crippen molar-refractivity contribution < 1.29 is 22.7 Å². The summed E-state index contributed by atoms with van der Waals surface area (Å²) in [6.07, 6.45) is 0. The summed E-state index contributed by atoms with van der Waals surface area (Å²) in [4.78, 5) is 16.3. The van der Waals surface area contributed by atoms with Crippen molar-refractivity contribution in [3.8, 4) is 5.75 Å².